The van der Waals surface area contributed by atoms with Gasteiger partial charge in [0.25, 0.3) is 0 Å². The van der Waals surface area contributed by atoms with Crippen molar-refractivity contribution in [2.75, 3.05) is 13.1 Å². The molecule has 0 radical (unpaired) electrons. The molecule has 2 N–H and O–H groups in total. The van der Waals surface area contributed by atoms with Crippen molar-refractivity contribution in [2.45, 2.75) is 45.6 Å². The summed E-state index contributed by atoms with van der Waals surface area (Å²) in [5.74, 6) is 0.591. The third kappa shape index (κ3) is 2.03. The van der Waals surface area contributed by atoms with E-state index in [1.807, 2.05) is 4.90 Å². The van der Waals surface area contributed by atoms with Gasteiger partial charge in [-0.05, 0) is 24.7 Å². The number of carbonyl (C=O) groups excluding carboxylic acids is 1. The molecule has 0 aromatic carbocycles. The third-order valence-corrected chi connectivity index (χ3v) is 4.09. The molecule has 3 nitrogen and oxygen atoms in total. The van der Waals surface area contributed by atoms with Crippen LogP contribution < -0.4 is 5.73 Å². The van der Waals surface area contributed by atoms with E-state index in [0.717, 1.165) is 25.9 Å². The molecule has 3 heteroatoms. The molecule has 0 bridgehead atoms. The molecular formula is C12H22N2O. The van der Waals surface area contributed by atoms with Crippen LogP contribution in [0.3, 0.4) is 0 Å². The van der Waals surface area contributed by atoms with Gasteiger partial charge in [-0.1, -0.05) is 20.3 Å². The van der Waals surface area contributed by atoms with Crippen LogP contribution >= 0.6 is 0 Å². The van der Waals surface area contributed by atoms with Gasteiger partial charge in [0.2, 0.25) is 5.91 Å². The van der Waals surface area contributed by atoms with Crippen molar-refractivity contribution in [3.63, 3.8) is 0 Å². The summed E-state index contributed by atoms with van der Waals surface area (Å²) < 4.78 is 0. The van der Waals surface area contributed by atoms with Gasteiger partial charge in [-0.3, -0.25) is 4.79 Å². The minimum absolute atomic E-state index is 0.198. The molecule has 2 aliphatic rings. The van der Waals surface area contributed by atoms with Gasteiger partial charge in [0, 0.05) is 25.0 Å². The molecular weight excluding hydrogens is 188 g/mol. The quantitative estimate of drug-likeness (QED) is 0.710. The Morgan fingerprint density at radius 1 is 1.40 bits per heavy atom. The van der Waals surface area contributed by atoms with Crippen molar-refractivity contribution in [1.82, 2.24) is 4.90 Å². The van der Waals surface area contributed by atoms with E-state index >= 15 is 0 Å². The van der Waals surface area contributed by atoms with Crippen LogP contribution in [-0.2, 0) is 4.79 Å². The zero-order chi connectivity index (χ0) is 11.1. The fourth-order valence-electron chi connectivity index (χ4n) is 2.99. The molecule has 0 spiro atoms. The maximum absolute atomic E-state index is 12.3. The van der Waals surface area contributed by atoms with Gasteiger partial charge < -0.3 is 10.6 Å². The van der Waals surface area contributed by atoms with E-state index in [-0.39, 0.29) is 17.4 Å². The molecule has 2 rings (SSSR count). The zero-order valence-electron chi connectivity index (χ0n) is 9.83. The van der Waals surface area contributed by atoms with E-state index in [2.05, 4.69) is 13.8 Å². The first-order chi connectivity index (χ1) is 7.00. The number of nitrogens with two attached hydrogens (primary N) is 1. The second kappa shape index (κ2) is 3.78. The fraction of sp³-hybridized carbons (Fsp3) is 0.917. The van der Waals surface area contributed by atoms with Gasteiger partial charge in [-0.2, -0.15) is 0 Å². The predicted octanol–water partition coefficient (Wildman–Crippen LogP) is 1.37. The predicted molar refractivity (Wildman–Crippen MR) is 60.3 cm³/mol. The molecule has 0 aromatic heterocycles. The second-order valence-corrected chi connectivity index (χ2v) is 5.77. The van der Waals surface area contributed by atoms with Gasteiger partial charge in [0.15, 0.2) is 0 Å². The number of likely N-dealkylation sites (tertiary alicyclic amines) is 1. The minimum atomic E-state index is 0.198. The molecule has 1 saturated heterocycles. The Bertz CT molecular complexity index is 262. The molecule has 86 valence electrons. The highest BCUT2D eigenvalue weighted by molar-refractivity contribution is 5.80. The van der Waals surface area contributed by atoms with Crippen molar-refractivity contribution in [3.8, 4) is 0 Å². The smallest absolute Gasteiger partial charge is 0.226 e. The van der Waals surface area contributed by atoms with Crippen LogP contribution in [0.5, 0.6) is 0 Å². The number of rotatable bonds is 1. The Kier molecular flexibility index (Phi) is 2.75. The highest BCUT2D eigenvalue weighted by Gasteiger charge is 2.42. The normalized spacial score (nSPS) is 34.7. The monoisotopic (exact) mass is 210 g/mol. The lowest BCUT2D eigenvalue weighted by molar-refractivity contribution is -0.137. The van der Waals surface area contributed by atoms with Crippen molar-refractivity contribution < 1.29 is 4.79 Å². The van der Waals surface area contributed by atoms with Crippen LogP contribution in [0.2, 0.25) is 0 Å². The Labute approximate surface area is 92.0 Å². The second-order valence-electron chi connectivity index (χ2n) is 5.77. The standard InChI is InChI=1S/C12H22N2O/c1-12(2)6-3-4-10(12)11(15)14-7-5-9(13)8-14/h9-10H,3-8,13H2,1-2H3/t9-,10?/m0/s1. The SMILES string of the molecule is CC1(C)CCCC1C(=O)N1CC[C@H](N)C1. The molecule has 1 heterocycles. The average molecular weight is 210 g/mol. The Hall–Kier alpha value is -0.570. The summed E-state index contributed by atoms with van der Waals surface area (Å²) in [7, 11) is 0. The van der Waals surface area contributed by atoms with Crippen molar-refractivity contribution in [1.29, 1.82) is 0 Å². The summed E-state index contributed by atoms with van der Waals surface area (Å²) in [4.78, 5) is 14.3. The van der Waals surface area contributed by atoms with E-state index in [1.165, 1.54) is 12.8 Å². The first-order valence-electron chi connectivity index (χ1n) is 6.05. The Morgan fingerprint density at radius 2 is 2.13 bits per heavy atom. The summed E-state index contributed by atoms with van der Waals surface area (Å²) in [6, 6.07) is 0.207. The molecule has 1 unspecified atom stereocenters. The topological polar surface area (TPSA) is 46.3 Å². The van der Waals surface area contributed by atoms with Crippen LogP contribution in [0.15, 0.2) is 0 Å². The van der Waals surface area contributed by atoms with E-state index in [9.17, 15) is 4.79 Å². The minimum Gasteiger partial charge on any atom is -0.341 e. The lowest BCUT2D eigenvalue weighted by atomic mass is 9.81. The molecule has 15 heavy (non-hydrogen) atoms. The van der Waals surface area contributed by atoms with Crippen LogP contribution in [0.4, 0.5) is 0 Å². The van der Waals surface area contributed by atoms with Gasteiger partial charge in [-0.25, -0.2) is 0 Å². The summed E-state index contributed by atoms with van der Waals surface area (Å²) in [5.41, 5.74) is 6.03. The average Bonchev–Trinajstić information content (AvgIpc) is 2.70. The Morgan fingerprint density at radius 3 is 2.60 bits per heavy atom. The maximum atomic E-state index is 12.3. The number of hydrogen-bond acceptors (Lipinski definition) is 2. The highest BCUT2D eigenvalue weighted by Crippen LogP contribution is 2.43. The van der Waals surface area contributed by atoms with Gasteiger partial charge in [0.05, 0.1) is 0 Å². The summed E-state index contributed by atoms with van der Waals surface area (Å²) in [5, 5.41) is 0. The number of hydrogen-bond donors (Lipinski definition) is 1. The van der Waals surface area contributed by atoms with E-state index < -0.39 is 0 Å². The lowest BCUT2D eigenvalue weighted by Gasteiger charge is -2.29. The molecule has 1 aliphatic heterocycles. The van der Waals surface area contributed by atoms with E-state index in [1.54, 1.807) is 0 Å². The van der Waals surface area contributed by atoms with Crippen LogP contribution in [-0.4, -0.2) is 29.9 Å². The van der Waals surface area contributed by atoms with Crippen molar-refractivity contribution in [2.24, 2.45) is 17.1 Å². The number of amides is 1. The van der Waals surface area contributed by atoms with Crippen molar-refractivity contribution >= 4 is 5.91 Å². The molecule has 2 fully saturated rings. The van der Waals surface area contributed by atoms with Crippen LogP contribution in [0, 0.1) is 11.3 Å². The lowest BCUT2D eigenvalue weighted by Crippen LogP contribution is -2.39. The van der Waals surface area contributed by atoms with Gasteiger partial charge in [0.1, 0.15) is 0 Å². The van der Waals surface area contributed by atoms with E-state index in [0.29, 0.717) is 5.91 Å². The van der Waals surface area contributed by atoms with Crippen LogP contribution in [0.25, 0.3) is 0 Å². The van der Waals surface area contributed by atoms with Gasteiger partial charge >= 0.3 is 0 Å². The zero-order valence-corrected chi connectivity index (χ0v) is 9.83. The largest absolute Gasteiger partial charge is 0.341 e. The highest BCUT2D eigenvalue weighted by atomic mass is 16.2. The maximum Gasteiger partial charge on any atom is 0.226 e. The molecule has 1 saturated carbocycles. The molecule has 0 aromatic rings. The molecule has 1 aliphatic carbocycles. The van der Waals surface area contributed by atoms with E-state index in [4.69, 9.17) is 5.73 Å². The summed E-state index contributed by atoms with van der Waals surface area (Å²) in [6.45, 7) is 6.08. The van der Waals surface area contributed by atoms with Crippen molar-refractivity contribution in [3.05, 3.63) is 0 Å². The number of carbonyl (C=O) groups is 1. The third-order valence-electron chi connectivity index (χ3n) is 4.09. The number of nitrogens with zero attached hydrogens (tertiary/aromatic N) is 1. The Balaban J connectivity index is 2.02. The fourth-order valence-corrected chi connectivity index (χ4v) is 2.99. The summed E-state index contributed by atoms with van der Waals surface area (Å²) >= 11 is 0. The summed E-state index contributed by atoms with van der Waals surface area (Å²) in [6.07, 6.45) is 4.42. The first-order valence-corrected chi connectivity index (χ1v) is 6.05. The molecule has 1 amide bonds. The van der Waals surface area contributed by atoms with Gasteiger partial charge in [-0.15, -0.1) is 0 Å². The molecule has 2 atom stereocenters. The van der Waals surface area contributed by atoms with Crippen LogP contribution in [0.1, 0.15) is 39.5 Å². The first kappa shape index (κ1) is 10.9.